The summed E-state index contributed by atoms with van der Waals surface area (Å²) in [7, 11) is -3.90. The SMILES string of the molecule is C=CS(=O)(=O)O.O=C(O)C=CC(=O)O. The second-order valence-electron chi connectivity index (χ2n) is 1.69. The normalized spacial score (nSPS) is 10.1. The molecule has 0 aromatic rings. The molecule has 80 valence electrons. The molecule has 0 aliphatic carbocycles. The zero-order valence-electron chi connectivity index (χ0n) is 6.82. The summed E-state index contributed by atoms with van der Waals surface area (Å²) in [6.45, 7) is 2.79. The van der Waals surface area contributed by atoms with E-state index in [1.165, 1.54) is 0 Å². The fourth-order valence-electron chi connectivity index (χ4n) is 0.143. The first kappa shape index (κ1) is 14.8. The number of hydrogen-bond acceptors (Lipinski definition) is 4. The maximum absolute atomic E-state index is 9.55. The van der Waals surface area contributed by atoms with Crippen LogP contribution in [0.5, 0.6) is 0 Å². The molecule has 7 nitrogen and oxygen atoms in total. The van der Waals surface area contributed by atoms with Crippen LogP contribution in [0.15, 0.2) is 24.1 Å². The van der Waals surface area contributed by atoms with Gasteiger partial charge in [0.2, 0.25) is 0 Å². The first-order chi connectivity index (χ1) is 6.19. The lowest BCUT2D eigenvalue weighted by Gasteiger charge is -1.74. The Kier molecular flexibility index (Phi) is 7.21. The second kappa shape index (κ2) is 6.80. The van der Waals surface area contributed by atoms with Crippen molar-refractivity contribution in [1.29, 1.82) is 0 Å². The van der Waals surface area contributed by atoms with Crippen molar-refractivity contribution in [3.05, 3.63) is 24.1 Å². The third kappa shape index (κ3) is 22.4. The summed E-state index contributed by atoms with van der Waals surface area (Å²) in [4.78, 5) is 19.1. The average Bonchev–Trinajstić information content (AvgIpc) is 2.01. The highest BCUT2D eigenvalue weighted by atomic mass is 32.2. The van der Waals surface area contributed by atoms with E-state index in [-0.39, 0.29) is 0 Å². The summed E-state index contributed by atoms with van der Waals surface area (Å²) < 4.78 is 26.6. The number of carbonyl (C=O) groups is 2. The maximum Gasteiger partial charge on any atom is 0.328 e. The molecule has 0 radical (unpaired) electrons. The molecule has 0 unspecified atom stereocenters. The number of carboxylic acid groups (broad SMARTS) is 2. The van der Waals surface area contributed by atoms with Crippen molar-refractivity contribution < 1.29 is 32.8 Å². The molecular weight excluding hydrogens is 216 g/mol. The first-order valence-corrected chi connectivity index (χ1v) is 4.43. The smallest absolute Gasteiger partial charge is 0.328 e. The standard InChI is InChI=1S/C4H4O4.C2H4O3S/c5-3(6)1-2-4(7)8;1-2-6(3,4)5/h1-2H,(H,5,6)(H,7,8);2H,1H2,(H,3,4,5). The van der Waals surface area contributed by atoms with E-state index in [2.05, 4.69) is 6.58 Å². The monoisotopic (exact) mass is 224 g/mol. The highest BCUT2D eigenvalue weighted by Crippen LogP contribution is 1.75. The van der Waals surface area contributed by atoms with Gasteiger partial charge in [0.25, 0.3) is 10.1 Å². The molecule has 0 bridgehead atoms. The summed E-state index contributed by atoms with van der Waals surface area (Å²) in [6, 6.07) is 0. The summed E-state index contributed by atoms with van der Waals surface area (Å²) in [5, 5.41) is 16.1. The van der Waals surface area contributed by atoms with Crippen molar-refractivity contribution in [3.8, 4) is 0 Å². The molecular formula is C6H8O7S. The van der Waals surface area contributed by atoms with Crippen LogP contribution in [0.2, 0.25) is 0 Å². The highest BCUT2D eigenvalue weighted by Gasteiger charge is 1.88. The Morgan fingerprint density at radius 1 is 1.07 bits per heavy atom. The lowest BCUT2D eigenvalue weighted by atomic mass is 10.5. The molecule has 0 aliphatic rings. The van der Waals surface area contributed by atoms with Crippen molar-refractivity contribution in [2.45, 2.75) is 0 Å². The van der Waals surface area contributed by atoms with Gasteiger partial charge in [0.05, 0.1) is 5.41 Å². The van der Waals surface area contributed by atoms with Crippen LogP contribution in [-0.2, 0) is 19.7 Å². The lowest BCUT2D eigenvalue weighted by molar-refractivity contribution is -0.134. The zero-order valence-corrected chi connectivity index (χ0v) is 7.64. The van der Waals surface area contributed by atoms with Gasteiger partial charge in [-0.25, -0.2) is 9.59 Å². The predicted molar refractivity (Wildman–Crippen MR) is 46.2 cm³/mol. The van der Waals surface area contributed by atoms with Gasteiger partial charge >= 0.3 is 11.9 Å². The molecule has 14 heavy (non-hydrogen) atoms. The highest BCUT2D eigenvalue weighted by molar-refractivity contribution is 7.88. The molecule has 0 saturated heterocycles. The van der Waals surface area contributed by atoms with Crippen LogP contribution in [0.3, 0.4) is 0 Å². The summed E-state index contributed by atoms with van der Waals surface area (Å²) in [5.41, 5.74) is 0. The topological polar surface area (TPSA) is 129 Å². The number of rotatable bonds is 3. The Labute approximate surface area is 79.7 Å². The summed E-state index contributed by atoms with van der Waals surface area (Å²) in [6.07, 6.45) is 1.12. The van der Waals surface area contributed by atoms with Crippen molar-refractivity contribution in [2.24, 2.45) is 0 Å². The molecule has 0 aromatic heterocycles. The second-order valence-corrected chi connectivity index (χ2v) is 3.05. The van der Waals surface area contributed by atoms with E-state index in [1.807, 2.05) is 0 Å². The van der Waals surface area contributed by atoms with Gasteiger partial charge in [-0.2, -0.15) is 8.42 Å². The Bertz CT molecular complexity index is 310. The summed E-state index contributed by atoms with van der Waals surface area (Å²) in [5.74, 6) is -2.51. The molecule has 3 N–H and O–H groups in total. The third-order valence-corrected chi connectivity index (χ3v) is 1.00. The minimum absolute atomic E-state index is 0.465. The number of hydrogen-bond donors (Lipinski definition) is 3. The lowest BCUT2D eigenvalue weighted by Crippen LogP contribution is -1.91. The largest absolute Gasteiger partial charge is 0.478 e. The molecule has 0 aromatic carbocycles. The van der Waals surface area contributed by atoms with Gasteiger partial charge in [0.1, 0.15) is 0 Å². The van der Waals surface area contributed by atoms with Crippen molar-refractivity contribution in [1.82, 2.24) is 0 Å². The average molecular weight is 224 g/mol. The Balaban J connectivity index is 0. The minimum atomic E-state index is -3.90. The van der Waals surface area contributed by atoms with Crippen LogP contribution in [0.1, 0.15) is 0 Å². The Hall–Kier alpha value is -1.67. The van der Waals surface area contributed by atoms with Crippen LogP contribution in [0.4, 0.5) is 0 Å². The predicted octanol–water partition coefficient (Wildman–Crippen LogP) is -0.271. The minimum Gasteiger partial charge on any atom is -0.478 e. The molecule has 0 fully saturated rings. The molecule has 0 heterocycles. The van der Waals surface area contributed by atoms with E-state index in [1.54, 1.807) is 0 Å². The van der Waals surface area contributed by atoms with Crippen LogP contribution in [0, 0.1) is 0 Å². The Morgan fingerprint density at radius 2 is 1.29 bits per heavy atom. The van der Waals surface area contributed by atoms with Gasteiger partial charge in [-0.05, 0) is 0 Å². The molecule has 8 heteroatoms. The first-order valence-electron chi connectivity index (χ1n) is 2.93. The molecule has 0 spiro atoms. The van der Waals surface area contributed by atoms with Crippen molar-refractivity contribution >= 4 is 22.1 Å². The van der Waals surface area contributed by atoms with E-state index in [9.17, 15) is 18.0 Å². The molecule has 0 amide bonds. The quantitative estimate of drug-likeness (QED) is 0.444. The summed E-state index contributed by atoms with van der Waals surface area (Å²) >= 11 is 0. The Morgan fingerprint density at radius 3 is 1.36 bits per heavy atom. The van der Waals surface area contributed by atoms with E-state index >= 15 is 0 Å². The van der Waals surface area contributed by atoms with Crippen molar-refractivity contribution in [2.75, 3.05) is 0 Å². The fraction of sp³-hybridized carbons (Fsp3) is 0. The van der Waals surface area contributed by atoms with Crippen molar-refractivity contribution in [3.63, 3.8) is 0 Å². The number of carboxylic acids is 2. The van der Waals surface area contributed by atoms with E-state index in [0.29, 0.717) is 17.6 Å². The van der Waals surface area contributed by atoms with Gasteiger partial charge in [-0.15, -0.1) is 0 Å². The van der Waals surface area contributed by atoms with Gasteiger partial charge in [-0.3, -0.25) is 4.55 Å². The number of aliphatic carboxylic acids is 2. The van der Waals surface area contributed by atoms with E-state index < -0.39 is 22.1 Å². The zero-order chi connectivity index (χ0) is 11.8. The van der Waals surface area contributed by atoms with E-state index in [4.69, 9.17) is 14.8 Å². The molecule has 0 saturated carbocycles. The van der Waals surface area contributed by atoms with Gasteiger partial charge in [0.15, 0.2) is 0 Å². The molecule has 0 atom stereocenters. The fourth-order valence-corrected chi connectivity index (χ4v) is 0.143. The van der Waals surface area contributed by atoms with Gasteiger partial charge in [0, 0.05) is 12.2 Å². The van der Waals surface area contributed by atoms with Crippen LogP contribution >= 0.6 is 0 Å². The molecule has 0 aliphatic heterocycles. The maximum atomic E-state index is 9.55. The third-order valence-electron chi connectivity index (χ3n) is 0.579. The van der Waals surface area contributed by atoms with Crippen LogP contribution < -0.4 is 0 Å². The van der Waals surface area contributed by atoms with Crippen LogP contribution in [-0.4, -0.2) is 35.1 Å². The van der Waals surface area contributed by atoms with Crippen LogP contribution in [0.25, 0.3) is 0 Å². The van der Waals surface area contributed by atoms with Gasteiger partial charge in [-0.1, -0.05) is 6.58 Å². The van der Waals surface area contributed by atoms with E-state index in [0.717, 1.165) is 0 Å². The molecule has 0 rings (SSSR count). The van der Waals surface area contributed by atoms with Gasteiger partial charge < -0.3 is 10.2 Å².